The van der Waals surface area contributed by atoms with Crippen molar-refractivity contribution >= 4 is 32.7 Å². The Bertz CT molecular complexity index is 607. The summed E-state index contributed by atoms with van der Waals surface area (Å²) in [6, 6.07) is 8.38. The first-order valence-electron chi connectivity index (χ1n) is 7.16. The average Bonchev–Trinajstić information content (AvgIpc) is 3.04. The number of alkyl halides is 1. The normalized spacial score (nSPS) is 19.1. The molecule has 0 saturated carbocycles. The summed E-state index contributed by atoms with van der Waals surface area (Å²) in [5.41, 5.74) is 2.54. The largest absolute Gasteiger partial charge is 0.361 e. The number of para-hydroxylation sites is 1. The van der Waals surface area contributed by atoms with E-state index in [-0.39, 0.29) is 0 Å². The fraction of sp³-hybridized carbons (Fsp3) is 0.438. The summed E-state index contributed by atoms with van der Waals surface area (Å²) >= 11 is 3.47. The molecular weight excluding hydrogens is 316 g/mol. The van der Waals surface area contributed by atoms with E-state index in [9.17, 15) is 4.79 Å². The fourth-order valence-corrected chi connectivity index (χ4v) is 3.41. The van der Waals surface area contributed by atoms with Crippen LogP contribution in [-0.2, 0) is 11.2 Å². The molecule has 1 aromatic heterocycles. The predicted octanol–water partition coefficient (Wildman–Crippen LogP) is 3.34. The third-order valence-corrected chi connectivity index (χ3v) is 4.98. The Balaban J connectivity index is 1.57. The molecule has 0 radical (unpaired) electrons. The maximum atomic E-state index is 11.8. The first-order chi connectivity index (χ1) is 9.78. The molecule has 1 unspecified atom stereocenters. The Labute approximate surface area is 127 Å². The van der Waals surface area contributed by atoms with Crippen LogP contribution in [0.1, 0.15) is 18.4 Å². The summed E-state index contributed by atoms with van der Waals surface area (Å²) < 4.78 is 0. The number of amides is 1. The zero-order valence-corrected chi connectivity index (χ0v) is 13.0. The van der Waals surface area contributed by atoms with Crippen LogP contribution in [0.5, 0.6) is 0 Å². The Morgan fingerprint density at radius 2 is 2.20 bits per heavy atom. The van der Waals surface area contributed by atoms with Crippen molar-refractivity contribution in [2.75, 3.05) is 18.4 Å². The number of carbonyl (C=O) groups excluding carboxylic acids is 1. The molecule has 0 spiro atoms. The van der Waals surface area contributed by atoms with Crippen molar-refractivity contribution in [2.45, 2.75) is 19.3 Å². The maximum Gasteiger partial charge on any atom is 0.222 e. The van der Waals surface area contributed by atoms with Crippen molar-refractivity contribution in [3.8, 4) is 0 Å². The van der Waals surface area contributed by atoms with Crippen molar-refractivity contribution in [1.29, 1.82) is 0 Å². The number of H-pyrrole nitrogens is 1. The van der Waals surface area contributed by atoms with Crippen LogP contribution < -0.4 is 0 Å². The average molecular weight is 335 g/mol. The van der Waals surface area contributed by atoms with E-state index in [1.807, 2.05) is 11.0 Å². The number of likely N-dealkylation sites (tertiary alicyclic amines) is 1. The van der Waals surface area contributed by atoms with Crippen molar-refractivity contribution in [1.82, 2.24) is 9.88 Å². The molecule has 1 aliphatic rings. The van der Waals surface area contributed by atoms with Gasteiger partial charge in [0.1, 0.15) is 0 Å². The van der Waals surface area contributed by atoms with Gasteiger partial charge >= 0.3 is 0 Å². The molecule has 0 aliphatic carbocycles. The second kappa shape index (κ2) is 6.00. The molecule has 1 N–H and O–H groups in total. The lowest BCUT2D eigenvalue weighted by atomic mass is 10.1. The zero-order chi connectivity index (χ0) is 13.9. The molecule has 1 atom stereocenters. The molecule has 1 amide bonds. The highest BCUT2D eigenvalue weighted by molar-refractivity contribution is 9.09. The van der Waals surface area contributed by atoms with Crippen molar-refractivity contribution in [3.05, 3.63) is 36.0 Å². The third-order valence-electron chi connectivity index (χ3n) is 4.06. The second-order valence-electron chi connectivity index (χ2n) is 5.53. The van der Waals surface area contributed by atoms with E-state index in [1.54, 1.807) is 0 Å². The summed E-state index contributed by atoms with van der Waals surface area (Å²) in [5, 5.41) is 2.23. The molecule has 1 aliphatic heterocycles. The number of hydrogen-bond acceptors (Lipinski definition) is 1. The SMILES string of the molecule is O=C1CC(CBr)CN1CCCc1c[nH]c2ccccc12. The lowest BCUT2D eigenvalue weighted by Gasteiger charge is -2.15. The second-order valence-corrected chi connectivity index (χ2v) is 6.17. The molecule has 106 valence electrons. The zero-order valence-electron chi connectivity index (χ0n) is 11.4. The van der Waals surface area contributed by atoms with Gasteiger partial charge in [0.05, 0.1) is 0 Å². The smallest absolute Gasteiger partial charge is 0.222 e. The van der Waals surface area contributed by atoms with Gasteiger partial charge in [-0.25, -0.2) is 0 Å². The third kappa shape index (κ3) is 2.75. The minimum Gasteiger partial charge on any atom is -0.361 e. The lowest BCUT2D eigenvalue weighted by Crippen LogP contribution is -2.26. The number of nitrogens with one attached hydrogen (secondary N) is 1. The van der Waals surface area contributed by atoms with E-state index in [0.717, 1.165) is 31.3 Å². The quantitative estimate of drug-likeness (QED) is 0.836. The van der Waals surface area contributed by atoms with Gasteiger partial charge in [-0.2, -0.15) is 0 Å². The first-order valence-corrected chi connectivity index (χ1v) is 8.29. The molecule has 1 fully saturated rings. The number of aromatic nitrogens is 1. The molecule has 2 heterocycles. The maximum absolute atomic E-state index is 11.8. The number of aryl methyl sites for hydroxylation is 1. The van der Waals surface area contributed by atoms with Crippen LogP contribution in [-0.4, -0.2) is 34.2 Å². The number of halogens is 1. The highest BCUT2D eigenvalue weighted by Gasteiger charge is 2.27. The molecule has 3 rings (SSSR count). The number of nitrogens with zero attached hydrogens (tertiary/aromatic N) is 1. The van der Waals surface area contributed by atoms with Gasteiger partial charge < -0.3 is 9.88 Å². The summed E-state index contributed by atoms with van der Waals surface area (Å²) in [5.74, 6) is 0.809. The number of aromatic amines is 1. The van der Waals surface area contributed by atoms with E-state index in [0.29, 0.717) is 18.2 Å². The molecule has 0 bridgehead atoms. The molecule has 1 aromatic carbocycles. The van der Waals surface area contributed by atoms with Crippen LogP contribution in [0, 0.1) is 5.92 Å². The number of fused-ring (bicyclic) bond motifs is 1. The summed E-state index contributed by atoms with van der Waals surface area (Å²) in [6.07, 6.45) is 4.85. The standard InChI is InChI=1S/C16H19BrN2O/c17-9-12-8-16(20)19(11-12)7-3-4-13-10-18-15-6-2-1-5-14(13)15/h1-2,5-6,10,12,18H,3-4,7-9,11H2. The van der Waals surface area contributed by atoms with Gasteiger partial charge in [0.15, 0.2) is 0 Å². The molecular formula is C16H19BrN2O. The van der Waals surface area contributed by atoms with Crippen LogP contribution >= 0.6 is 15.9 Å². The van der Waals surface area contributed by atoms with Crippen LogP contribution in [0.4, 0.5) is 0 Å². The monoisotopic (exact) mass is 334 g/mol. The number of hydrogen-bond donors (Lipinski definition) is 1. The predicted molar refractivity (Wildman–Crippen MR) is 85.1 cm³/mol. The van der Waals surface area contributed by atoms with Crippen LogP contribution in [0.3, 0.4) is 0 Å². The van der Waals surface area contributed by atoms with Gasteiger partial charge in [-0.05, 0) is 30.4 Å². The first kappa shape index (κ1) is 13.7. The fourth-order valence-electron chi connectivity index (χ4n) is 2.97. The number of carbonyl (C=O) groups is 1. The summed E-state index contributed by atoms with van der Waals surface area (Å²) in [6.45, 7) is 1.79. The Morgan fingerprint density at radius 1 is 1.35 bits per heavy atom. The van der Waals surface area contributed by atoms with E-state index in [2.05, 4.69) is 45.3 Å². The van der Waals surface area contributed by atoms with Crippen LogP contribution in [0.25, 0.3) is 10.9 Å². The van der Waals surface area contributed by atoms with Gasteiger partial charge in [-0.1, -0.05) is 34.1 Å². The number of rotatable bonds is 5. The van der Waals surface area contributed by atoms with E-state index in [4.69, 9.17) is 0 Å². The topological polar surface area (TPSA) is 36.1 Å². The molecule has 4 heteroatoms. The van der Waals surface area contributed by atoms with Crippen molar-refractivity contribution in [3.63, 3.8) is 0 Å². The molecule has 2 aromatic rings. The summed E-state index contributed by atoms with van der Waals surface area (Å²) in [7, 11) is 0. The highest BCUT2D eigenvalue weighted by atomic mass is 79.9. The Morgan fingerprint density at radius 3 is 3.00 bits per heavy atom. The Kier molecular flexibility index (Phi) is 4.10. The number of benzene rings is 1. The van der Waals surface area contributed by atoms with Gasteiger partial charge in [0.25, 0.3) is 0 Å². The van der Waals surface area contributed by atoms with Crippen molar-refractivity contribution < 1.29 is 4.79 Å². The molecule has 3 nitrogen and oxygen atoms in total. The minimum absolute atomic E-state index is 0.313. The van der Waals surface area contributed by atoms with Gasteiger partial charge in [-0.3, -0.25) is 4.79 Å². The Hall–Kier alpha value is -1.29. The lowest BCUT2D eigenvalue weighted by molar-refractivity contribution is -0.127. The van der Waals surface area contributed by atoms with Crippen molar-refractivity contribution in [2.24, 2.45) is 5.92 Å². The highest BCUT2D eigenvalue weighted by Crippen LogP contribution is 2.22. The minimum atomic E-state index is 0.313. The van der Waals surface area contributed by atoms with E-state index in [1.165, 1.54) is 16.5 Å². The van der Waals surface area contributed by atoms with E-state index < -0.39 is 0 Å². The van der Waals surface area contributed by atoms with Gasteiger partial charge in [0.2, 0.25) is 5.91 Å². The van der Waals surface area contributed by atoms with Crippen LogP contribution in [0.15, 0.2) is 30.5 Å². The molecule has 1 saturated heterocycles. The summed E-state index contributed by atoms with van der Waals surface area (Å²) in [4.78, 5) is 17.2. The molecule has 20 heavy (non-hydrogen) atoms. The van der Waals surface area contributed by atoms with E-state index >= 15 is 0 Å². The van der Waals surface area contributed by atoms with Crippen LogP contribution in [0.2, 0.25) is 0 Å². The van der Waals surface area contributed by atoms with Gasteiger partial charge in [-0.15, -0.1) is 0 Å². The van der Waals surface area contributed by atoms with Gasteiger partial charge in [0, 0.05) is 41.9 Å².